The Kier molecular flexibility index (Phi) is 15.5. The predicted molar refractivity (Wildman–Crippen MR) is 144 cm³/mol. The number of rotatable bonds is 15. The van der Waals surface area contributed by atoms with Crippen LogP contribution in [0.1, 0.15) is 66.9 Å². The van der Waals surface area contributed by atoms with Gasteiger partial charge in [-0.2, -0.15) is 0 Å². The smallest absolute Gasteiger partial charge is 0.461 e. The summed E-state index contributed by atoms with van der Waals surface area (Å²) in [5.74, 6) is -0.272. The van der Waals surface area contributed by atoms with E-state index in [-0.39, 0.29) is 43.8 Å². The van der Waals surface area contributed by atoms with E-state index in [1.807, 2.05) is 27.7 Å². The molecule has 0 bridgehead atoms. The number of esters is 1. The van der Waals surface area contributed by atoms with Crippen LogP contribution >= 0.6 is 0 Å². The van der Waals surface area contributed by atoms with Crippen molar-refractivity contribution in [2.24, 2.45) is 17.6 Å². The largest absolute Gasteiger partial charge is 0.513 e. The summed E-state index contributed by atoms with van der Waals surface area (Å²) in [5.41, 5.74) is 6.49. The minimum absolute atomic E-state index is 0.00132. The van der Waals surface area contributed by atoms with Gasteiger partial charge >= 0.3 is 24.4 Å². The topological polar surface area (TPSA) is 159 Å². The lowest BCUT2D eigenvalue weighted by molar-refractivity contribution is -0.148. The lowest BCUT2D eigenvalue weighted by Crippen LogP contribution is -2.36. The van der Waals surface area contributed by atoms with Gasteiger partial charge in [-0.1, -0.05) is 33.8 Å². The maximum Gasteiger partial charge on any atom is 0.513 e. The second-order valence-corrected chi connectivity index (χ2v) is 10.3. The van der Waals surface area contributed by atoms with E-state index in [1.165, 1.54) is 19.1 Å². The molecule has 12 heteroatoms. The molecule has 0 aliphatic carbocycles. The van der Waals surface area contributed by atoms with Crippen LogP contribution in [-0.2, 0) is 34.9 Å². The molecule has 0 radical (unpaired) electrons. The van der Waals surface area contributed by atoms with Crippen molar-refractivity contribution in [1.82, 2.24) is 0 Å². The first-order valence-corrected chi connectivity index (χ1v) is 13.4. The van der Waals surface area contributed by atoms with Gasteiger partial charge in [0.1, 0.15) is 18.8 Å². The van der Waals surface area contributed by atoms with E-state index in [1.54, 1.807) is 19.9 Å². The Morgan fingerprint density at radius 3 is 1.80 bits per heavy atom. The van der Waals surface area contributed by atoms with Gasteiger partial charge < -0.3 is 38.9 Å². The molecule has 0 heterocycles. The zero-order valence-corrected chi connectivity index (χ0v) is 24.4. The molecule has 40 heavy (non-hydrogen) atoms. The molecule has 2 N–H and O–H groups in total. The minimum atomic E-state index is -1.09. The molecule has 12 nitrogen and oxygen atoms in total. The molecule has 0 fully saturated rings. The first kappa shape index (κ1) is 34.5. The van der Waals surface area contributed by atoms with Gasteiger partial charge in [0.05, 0.1) is 19.3 Å². The summed E-state index contributed by atoms with van der Waals surface area (Å²) in [6.07, 6.45) is -2.61. The number of hydrogen-bond acceptors (Lipinski definition) is 12. The SMILES string of the molecule is CC(C)CCOC(=O)Oc1ccc(C[C@H](N)C(=O)OC[C@H](C)OC(=O)OC(C)C)cc1OC(=O)OCCC(C)C. The molecule has 1 rings (SSSR count). The summed E-state index contributed by atoms with van der Waals surface area (Å²) in [5, 5.41) is 0. The van der Waals surface area contributed by atoms with E-state index in [2.05, 4.69) is 0 Å². The molecule has 2 atom stereocenters. The fraction of sp³-hybridized carbons (Fsp3) is 0.643. The van der Waals surface area contributed by atoms with Gasteiger partial charge in [-0.3, -0.25) is 4.79 Å². The van der Waals surface area contributed by atoms with Crippen molar-refractivity contribution >= 4 is 24.4 Å². The number of nitrogens with two attached hydrogens (primary N) is 1. The summed E-state index contributed by atoms with van der Waals surface area (Å²) in [4.78, 5) is 48.3. The minimum Gasteiger partial charge on any atom is -0.461 e. The van der Waals surface area contributed by atoms with Crippen molar-refractivity contribution < 1.29 is 52.3 Å². The van der Waals surface area contributed by atoms with Crippen molar-refractivity contribution in [3.63, 3.8) is 0 Å². The van der Waals surface area contributed by atoms with Crippen LogP contribution in [0.4, 0.5) is 14.4 Å². The molecule has 0 aliphatic rings. The fourth-order valence-corrected chi connectivity index (χ4v) is 2.90. The Morgan fingerprint density at radius 1 is 0.725 bits per heavy atom. The van der Waals surface area contributed by atoms with Crippen LogP contribution in [0.2, 0.25) is 0 Å². The van der Waals surface area contributed by atoms with E-state index in [0.29, 0.717) is 30.2 Å². The van der Waals surface area contributed by atoms with Crippen LogP contribution in [-0.4, -0.2) is 62.5 Å². The summed E-state index contributed by atoms with van der Waals surface area (Å²) in [6.45, 7) is 12.9. The molecule has 0 spiro atoms. The van der Waals surface area contributed by atoms with Crippen molar-refractivity contribution in [3.8, 4) is 11.5 Å². The first-order chi connectivity index (χ1) is 18.8. The average molecular weight is 570 g/mol. The second kappa shape index (κ2) is 17.9. The third-order valence-electron chi connectivity index (χ3n) is 5.07. The number of hydrogen-bond donors (Lipinski definition) is 1. The van der Waals surface area contributed by atoms with Crippen LogP contribution in [0.15, 0.2) is 18.2 Å². The number of carbonyl (C=O) groups excluding carboxylic acids is 4. The van der Waals surface area contributed by atoms with Crippen LogP contribution in [0.25, 0.3) is 0 Å². The molecule has 1 aromatic carbocycles. The molecule has 226 valence electrons. The van der Waals surface area contributed by atoms with E-state index < -0.39 is 36.6 Å². The third kappa shape index (κ3) is 15.2. The average Bonchev–Trinajstić information content (AvgIpc) is 2.83. The third-order valence-corrected chi connectivity index (χ3v) is 5.07. The first-order valence-electron chi connectivity index (χ1n) is 13.4. The Morgan fingerprint density at radius 2 is 1.27 bits per heavy atom. The second-order valence-electron chi connectivity index (χ2n) is 10.3. The quantitative estimate of drug-likeness (QED) is 0.168. The van der Waals surface area contributed by atoms with Crippen LogP contribution in [0.3, 0.4) is 0 Å². The Bertz CT molecular complexity index is 962. The zero-order valence-electron chi connectivity index (χ0n) is 24.4. The number of carbonyl (C=O) groups is 4. The van der Waals surface area contributed by atoms with Gasteiger partial charge in [-0.15, -0.1) is 0 Å². The van der Waals surface area contributed by atoms with Crippen molar-refractivity contribution in [2.75, 3.05) is 19.8 Å². The van der Waals surface area contributed by atoms with Crippen molar-refractivity contribution in [3.05, 3.63) is 23.8 Å². The van der Waals surface area contributed by atoms with Gasteiger partial charge in [0.15, 0.2) is 11.5 Å². The Hall–Kier alpha value is -3.54. The molecule has 0 unspecified atom stereocenters. The van der Waals surface area contributed by atoms with E-state index >= 15 is 0 Å². The maximum atomic E-state index is 12.4. The fourth-order valence-electron chi connectivity index (χ4n) is 2.90. The Labute approximate surface area is 235 Å². The molecule has 1 aromatic rings. The molecular formula is C28H43NO11. The molecular weight excluding hydrogens is 526 g/mol. The predicted octanol–water partition coefficient (Wildman–Crippen LogP) is 5.17. The highest BCUT2D eigenvalue weighted by Crippen LogP contribution is 2.30. The van der Waals surface area contributed by atoms with Gasteiger partial charge in [0.25, 0.3) is 0 Å². The van der Waals surface area contributed by atoms with Crippen LogP contribution in [0, 0.1) is 11.8 Å². The normalized spacial score (nSPS) is 12.5. The van der Waals surface area contributed by atoms with Gasteiger partial charge in [0, 0.05) is 0 Å². The highest BCUT2D eigenvalue weighted by molar-refractivity contribution is 5.76. The van der Waals surface area contributed by atoms with Gasteiger partial charge in [-0.25, -0.2) is 14.4 Å². The van der Waals surface area contributed by atoms with E-state index in [4.69, 9.17) is 38.9 Å². The summed E-state index contributed by atoms with van der Waals surface area (Å²) < 4.78 is 35.7. The van der Waals surface area contributed by atoms with Crippen LogP contribution < -0.4 is 15.2 Å². The molecule has 0 aromatic heterocycles. The lowest BCUT2D eigenvalue weighted by atomic mass is 10.1. The molecule has 0 aliphatic heterocycles. The molecule has 0 saturated carbocycles. The monoisotopic (exact) mass is 569 g/mol. The Balaban J connectivity index is 2.85. The highest BCUT2D eigenvalue weighted by atomic mass is 16.7. The van der Waals surface area contributed by atoms with Crippen LogP contribution in [0.5, 0.6) is 11.5 Å². The summed E-state index contributed by atoms with van der Waals surface area (Å²) >= 11 is 0. The molecule has 0 saturated heterocycles. The van der Waals surface area contributed by atoms with Gasteiger partial charge in [-0.05, 0) is 69.6 Å². The lowest BCUT2D eigenvalue weighted by Gasteiger charge is -2.17. The zero-order chi connectivity index (χ0) is 30.2. The van der Waals surface area contributed by atoms with Crippen molar-refractivity contribution in [2.45, 2.75) is 86.0 Å². The molecule has 0 amide bonds. The number of benzene rings is 1. The standard InChI is InChI=1S/C28H43NO11/c1-17(2)10-12-34-26(31)39-23-9-8-21(15-24(23)40-27(32)35-13-11-18(3)4)14-22(29)25(30)36-16-20(7)38-28(33)37-19(5)6/h8-9,15,17-20,22H,10-14,16,29H2,1-7H3/t20-,22-/m0/s1. The maximum absolute atomic E-state index is 12.4. The van der Waals surface area contributed by atoms with E-state index in [0.717, 1.165) is 0 Å². The highest BCUT2D eigenvalue weighted by Gasteiger charge is 2.22. The summed E-state index contributed by atoms with van der Waals surface area (Å²) in [6, 6.07) is 3.26. The number of ether oxygens (including phenoxy) is 7. The van der Waals surface area contributed by atoms with Gasteiger partial charge in [0.2, 0.25) is 0 Å². The van der Waals surface area contributed by atoms with E-state index in [9.17, 15) is 19.2 Å². The van der Waals surface area contributed by atoms with Crippen molar-refractivity contribution in [1.29, 1.82) is 0 Å². The summed E-state index contributed by atoms with van der Waals surface area (Å²) in [7, 11) is 0.